The zero-order chi connectivity index (χ0) is 21.8. The van der Waals surface area contributed by atoms with E-state index in [0.717, 1.165) is 16.8 Å². The van der Waals surface area contributed by atoms with E-state index in [1.165, 1.54) is 16.4 Å². The molecule has 2 aromatic rings. The summed E-state index contributed by atoms with van der Waals surface area (Å²) in [4.78, 5) is 12.8. The molecule has 5 nitrogen and oxygen atoms in total. The smallest absolute Gasteiger partial charge is 0.255 e. The van der Waals surface area contributed by atoms with E-state index in [-0.39, 0.29) is 22.6 Å². The standard InChI is InChI=1S/C23H32N2O3S/c1-16(2)14-25(15-17(3)4)29(27,28)21-10-8-20(9-11-21)23(26)24-22-12-7-18(5)13-19(22)6/h7-13,16-17H,14-15H2,1-6H3,(H,24,26). The van der Waals surface area contributed by atoms with Crippen LogP contribution in [0.15, 0.2) is 47.4 Å². The number of hydrogen-bond acceptors (Lipinski definition) is 3. The van der Waals surface area contributed by atoms with E-state index >= 15 is 0 Å². The molecule has 0 saturated heterocycles. The second kappa shape index (κ2) is 9.55. The van der Waals surface area contributed by atoms with E-state index in [2.05, 4.69) is 5.32 Å². The van der Waals surface area contributed by atoms with Gasteiger partial charge in [0.25, 0.3) is 5.91 Å². The molecule has 0 unspecified atom stereocenters. The Bertz CT molecular complexity index is 939. The monoisotopic (exact) mass is 416 g/mol. The Hall–Kier alpha value is -2.18. The number of carbonyl (C=O) groups excluding carboxylic acids is 1. The highest BCUT2D eigenvalue weighted by Gasteiger charge is 2.26. The van der Waals surface area contributed by atoms with Crippen molar-refractivity contribution in [3.05, 3.63) is 59.2 Å². The number of hydrogen-bond donors (Lipinski definition) is 1. The summed E-state index contributed by atoms with van der Waals surface area (Å²) in [5.74, 6) is 0.194. The van der Waals surface area contributed by atoms with E-state index in [1.54, 1.807) is 12.1 Å². The van der Waals surface area contributed by atoms with Crippen LogP contribution in [-0.2, 0) is 10.0 Å². The van der Waals surface area contributed by atoms with Crippen molar-refractivity contribution in [1.29, 1.82) is 0 Å². The van der Waals surface area contributed by atoms with E-state index in [9.17, 15) is 13.2 Å². The van der Waals surface area contributed by atoms with Gasteiger partial charge in [-0.1, -0.05) is 45.4 Å². The van der Waals surface area contributed by atoms with Crippen LogP contribution in [0.1, 0.15) is 49.2 Å². The fourth-order valence-electron chi connectivity index (χ4n) is 3.16. The van der Waals surface area contributed by atoms with Crippen molar-refractivity contribution in [1.82, 2.24) is 4.31 Å². The van der Waals surface area contributed by atoms with Crippen molar-refractivity contribution in [2.45, 2.75) is 46.4 Å². The zero-order valence-electron chi connectivity index (χ0n) is 18.2. The molecule has 0 radical (unpaired) electrons. The number of rotatable bonds is 8. The van der Waals surface area contributed by atoms with Crippen molar-refractivity contribution in [2.75, 3.05) is 18.4 Å². The van der Waals surface area contributed by atoms with E-state index < -0.39 is 10.0 Å². The molecule has 0 aliphatic carbocycles. The molecule has 0 aliphatic rings. The van der Waals surface area contributed by atoms with Crippen LogP contribution in [0.4, 0.5) is 5.69 Å². The Morgan fingerprint density at radius 2 is 1.48 bits per heavy atom. The third-order valence-corrected chi connectivity index (χ3v) is 6.37. The predicted molar refractivity (Wildman–Crippen MR) is 119 cm³/mol. The Kier molecular flexibility index (Phi) is 7.60. The van der Waals surface area contributed by atoms with Gasteiger partial charge in [0.2, 0.25) is 10.0 Å². The number of benzene rings is 2. The lowest BCUT2D eigenvalue weighted by molar-refractivity contribution is 0.102. The molecule has 0 aromatic heterocycles. The summed E-state index contributed by atoms with van der Waals surface area (Å²) in [7, 11) is -3.60. The highest BCUT2D eigenvalue weighted by atomic mass is 32.2. The SMILES string of the molecule is Cc1ccc(NC(=O)c2ccc(S(=O)(=O)N(CC(C)C)CC(C)C)cc2)c(C)c1. The Morgan fingerprint density at radius 3 is 1.97 bits per heavy atom. The van der Waals surface area contributed by atoms with Gasteiger partial charge < -0.3 is 5.32 Å². The second-order valence-electron chi connectivity index (χ2n) is 8.41. The highest BCUT2D eigenvalue weighted by molar-refractivity contribution is 7.89. The molecular weight excluding hydrogens is 384 g/mol. The van der Waals surface area contributed by atoms with Crippen LogP contribution < -0.4 is 5.32 Å². The lowest BCUT2D eigenvalue weighted by atomic mass is 10.1. The lowest BCUT2D eigenvalue weighted by Gasteiger charge is -2.25. The lowest BCUT2D eigenvalue weighted by Crippen LogP contribution is -2.37. The Labute approximate surface area is 175 Å². The van der Waals surface area contributed by atoms with Gasteiger partial charge in [0, 0.05) is 24.3 Å². The van der Waals surface area contributed by atoms with Crippen LogP contribution in [0.5, 0.6) is 0 Å². The van der Waals surface area contributed by atoms with Crippen LogP contribution in [0, 0.1) is 25.7 Å². The molecule has 29 heavy (non-hydrogen) atoms. The van der Waals surface area contributed by atoms with Gasteiger partial charge >= 0.3 is 0 Å². The first kappa shape index (κ1) is 23.1. The second-order valence-corrected chi connectivity index (χ2v) is 10.3. The minimum absolute atomic E-state index is 0.210. The number of nitrogens with zero attached hydrogens (tertiary/aromatic N) is 1. The summed E-state index contributed by atoms with van der Waals surface area (Å²) in [6.45, 7) is 12.9. The summed E-state index contributed by atoms with van der Waals surface area (Å²) < 4.78 is 27.7. The van der Waals surface area contributed by atoms with Gasteiger partial charge in [-0.3, -0.25) is 4.79 Å². The van der Waals surface area contributed by atoms with Gasteiger partial charge in [-0.25, -0.2) is 8.42 Å². The first-order chi connectivity index (χ1) is 13.5. The maximum atomic E-state index is 13.1. The predicted octanol–water partition coefficient (Wildman–Crippen LogP) is 4.86. The minimum atomic E-state index is -3.60. The molecule has 0 bridgehead atoms. The molecule has 2 rings (SSSR count). The number of aryl methyl sites for hydroxylation is 2. The number of carbonyl (C=O) groups is 1. The van der Waals surface area contributed by atoms with Crippen LogP contribution in [0.25, 0.3) is 0 Å². The molecule has 6 heteroatoms. The molecule has 0 spiro atoms. The third kappa shape index (κ3) is 6.15. The van der Waals surface area contributed by atoms with Gasteiger partial charge in [0.1, 0.15) is 0 Å². The van der Waals surface area contributed by atoms with Gasteiger partial charge in [0.05, 0.1) is 4.90 Å². The molecule has 0 heterocycles. The van der Waals surface area contributed by atoms with Gasteiger partial charge in [0.15, 0.2) is 0 Å². The average molecular weight is 417 g/mol. The van der Waals surface area contributed by atoms with Crippen LogP contribution in [-0.4, -0.2) is 31.7 Å². The van der Waals surface area contributed by atoms with Crippen molar-refractivity contribution in [2.24, 2.45) is 11.8 Å². The summed E-state index contributed by atoms with van der Waals surface area (Å²) in [5, 5.41) is 2.89. The maximum Gasteiger partial charge on any atom is 0.255 e. The van der Waals surface area contributed by atoms with E-state index in [0.29, 0.717) is 18.7 Å². The topological polar surface area (TPSA) is 66.5 Å². The first-order valence-electron chi connectivity index (χ1n) is 9.99. The quantitative estimate of drug-likeness (QED) is 0.668. The Balaban J connectivity index is 2.22. The maximum absolute atomic E-state index is 13.1. The summed E-state index contributed by atoms with van der Waals surface area (Å²) in [6.07, 6.45) is 0. The minimum Gasteiger partial charge on any atom is -0.322 e. The molecule has 158 valence electrons. The summed E-state index contributed by atoms with van der Waals surface area (Å²) >= 11 is 0. The van der Waals surface area contributed by atoms with Crippen molar-refractivity contribution in [3.63, 3.8) is 0 Å². The third-order valence-electron chi connectivity index (χ3n) is 4.52. The molecule has 0 atom stereocenters. The van der Waals surface area contributed by atoms with Crippen molar-refractivity contribution < 1.29 is 13.2 Å². The van der Waals surface area contributed by atoms with Crippen LogP contribution in [0.3, 0.4) is 0 Å². The molecule has 2 aromatic carbocycles. The average Bonchev–Trinajstić information content (AvgIpc) is 2.62. The normalized spacial score (nSPS) is 12.0. The fraction of sp³-hybridized carbons (Fsp3) is 0.435. The van der Waals surface area contributed by atoms with Crippen molar-refractivity contribution >= 4 is 21.6 Å². The highest BCUT2D eigenvalue weighted by Crippen LogP contribution is 2.21. The van der Waals surface area contributed by atoms with Gasteiger partial charge in [-0.05, 0) is 61.6 Å². The summed E-state index contributed by atoms with van der Waals surface area (Å²) in [6, 6.07) is 12.0. The molecule has 0 aliphatic heterocycles. The fourth-order valence-corrected chi connectivity index (χ4v) is 4.93. The zero-order valence-corrected chi connectivity index (χ0v) is 19.0. The Morgan fingerprint density at radius 1 is 0.931 bits per heavy atom. The van der Waals surface area contributed by atoms with Crippen LogP contribution in [0.2, 0.25) is 0 Å². The number of sulfonamides is 1. The molecular formula is C23H32N2O3S. The van der Waals surface area contributed by atoms with Gasteiger partial charge in [-0.15, -0.1) is 0 Å². The van der Waals surface area contributed by atoms with E-state index in [4.69, 9.17) is 0 Å². The molecule has 1 N–H and O–H groups in total. The van der Waals surface area contributed by atoms with E-state index in [1.807, 2.05) is 59.7 Å². The molecule has 1 amide bonds. The molecule has 0 fully saturated rings. The van der Waals surface area contributed by atoms with Crippen molar-refractivity contribution in [3.8, 4) is 0 Å². The van der Waals surface area contributed by atoms with Crippen LogP contribution >= 0.6 is 0 Å². The first-order valence-corrected chi connectivity index (χ1v) is 11.4. The number of nitrogens with one attached hydrogen (secondary N) is 1. The largest absolute Gasteiger partial charge is 0.322 e. The number of anilines is 1. The molecule has 0 saturated carbocycles. The number of amides is 1. The summed E-state index contributed by atoms with van der Waals surface area (Å²) in [5.41, 5.74) is 3.28. The van der Waals surface area contributed by atoms with Gasteiger partial charge in [-0.2, -0.15) is 4.31 Å².